The van der Waals surface area contributed by atoms with Crippen LogP contribution >= 0.6 is 0 Å². The van der Waals surface area contributed by atoms with Gasteiger partial charge in [-0.15, -0.1) is 0 Å². The minimum absolute atomic E-state index is 0.0241. The van der Waals surface area contributed by atoms with E-state index in [4.69, 9.17) is 0 Å². The van der Waals surface area contributed by atoms with E-state index in [1.807, 2.05) is 0 Å². The summed E-state index contributed by atoms with van der Waals surface area (Å²) in [6.07, 6.45) is -16.7. The average molecular weight is 522 g/mol. The van der Waals surface area contributed by atoms with Gasteiger partial charge in [-0.1, -0.05) is 5.16 Å². The molecule has 0 saturated heterocycles. The fourth-order valence-corrected chi connectivity index (χ4v) is 2.67. The number of hydrogen-bond donors (Lipinski definition) is 2. The Hall–Kier alpha value is -3.44. The van der Waals surface area contributed by atoms with Crippen molar-refractivity contribution in [1.82, 2.24) is 24.9 Å². The second kappa shape index (κ2) is 8.97. The van der Waals surface area contributed by atoms with E-state index in [0.29, 0.717) is 6.20 Å². The first kappa shape index (κ1) is 26.2. The van der Waals surface area contributed by atoms with E-state index in [1.165, 1.54) is 11.4 Å². The molecule has 8 nitrogen and oxygen atoms in total. The Kier molecular flexibility index (Phi) is 6.71. The lowest BCUT2D eigenvalue weighted by atomic mass is 10.0. The molecule has 0 aliphatic heterocycles. The van der Waals surface area contributed by atoms with Crippen LogP contribution in [0.4, 0.5) is 49.7 Å². The molecule has 0 saturated carbocycles. The number of hydrogen-bond acceptors (Lipinski definition) is 7. The number of alkyl halides is 9. The summed E-state index contributed by atoms with van der Waals surface area (Å²) in [5.41, 5.74) is -5.54. The molecule has 192 valence electrons. The van der Waals surface area contributed by atoms with Crippen LogP contribution in [-0.4, -0.2) is 60.7 Å². The summed E-state index contributed by atoms with van der Waals surface area (Å²) in [6, 6.07) is 2.38. The van der Waals surface area contributed by atoms with Gasteiger partial charge in [-0.3, -0.25) is 4.68 Å². The number of aryl methyl sites for hydroxylation is 1. The van der Waals surface area contributed by atoms with Crippen molar-refractivity contribution in [2.75, 3.05) is 11.9 Å². The molecule has 0 atom stereocenters. The average Bonchev–Trinajstić information content (AvgIpc) is 3.39. The molecular formula is C17H12F10N6O2. The first-order valence-corrected chi connectivity index (χ1v) is 9.20. The quantitative estimate of drug-likeness (QED) is 0.445. The molecule has 3 aromatic heterocycles. The topological polar surface area (TPSA) is 102 Å². The number of anilines is 1. The zero-order valence-electron chi connectivity index (χ0n) is 16.8. The van der Waals surface area contributed by atoms with Gasteiger partial charge in [0.25, 0.3) is 5.60 Å². The number of halogens is 10. The fraction of sp³-hybridized carbons (Fsp3) is 0.412. The molecule has 18 heteroatoms. The van der Waals surface area contributed by atoms with Gasteiger partial charge in [0.1, 0.15) is 17.7 Å². The maximum Gasteiger partial charge on any atom is 0.428 e. The van der Waals surface area contributed by atoms with Gasteiger partial charge in [-0.05, 0) is 6.07 Å². The van der Waals surface area contributed by atoms with Crippen LogP contribution in [0, 0.1) is 5.82 Å². The van der Waals surface area contributed by atoms with Gasteiger partial charge < -0.3 is 14.9 Å². The highest BCUT2D eigenvalue weighted by atomic mass is 19.4. The lowest BCUT2D eigenvalue weighted by molar-refractivity contribution is -0.362. The smallest absolute Gasteiger partial charge is 0.372 e. The largest absolute Gasteiger partial charge is 0.428 e. The Morgan fingerprint density at radius 3 is 2.20 bits per heavy atom. The molecule has 0 aromatic carbocycles. The predicted molar refractivity (Wildman–Crippen MR) is 94.9 cm³/mol. The minimum atomic E-state index is -6.17. The molecule has 0 aliphatic carbocycles. The number of nitrogens with zero attached hydrogens (tertiary/aromatic N) is 5. The molecule has 3 rings (SSSR count). The number of aromatic nitrogens is 5. The molecule has 0 spiro atoms. The summed E-state index contributed by atoms with van der Waals surface area (Å²) < 4.78 is 135. The molecule has 3 heterocycles. The molecule has 0 fully saturated rings. The Balaban J connectivity index is 1.94. The van der Waals surface area contributed by atoms with Crippen molar-refractivity contribution in [3.05, 3.63) is 30.4 Å². The van der Waals surface area contributed by atoms with Crippen molar-refractivity contribution in [3.8, 4) is 22.9 Å². The molecule has 0 radical (unpaired) electrons. The second-order valence-corrected chi connectivity index (χ2v) is 6.99. The summed E-state index contributed by atoms with van der Waals surface area (Å²) in [5.74, 6) is -3.20. The van der Waals surface area contributed by atoms with E-state index < -0.39 is 61.1 Å². The van der Waals surface area contributed by atoms with Gasteiger partial charge in [-0.2, -0.15) is 44.6 Å². The molecule has 0 unspecified atom stereocenters. The third-order valence-electron chi connectivity index (χ3n) is 4.51. The second-order valence-electron chi connectivity index (χ2n) is 6.99. The van der Waals surface area contributed by atoms with Crippen LogP contribution in [0.3, 0.4) is 0 Å². The first-order valence-electron chi connectivity index (χ1n) is 9.20. The third-order valence-corrected chi connectivity index (χ3v) is 4.51. The van der Waals surface area contributed by atoms with Crippen molar-refractivity contribution >= 4 is 5.82 Å². The third kappa shape index (κ3) is 5.63. The summed E-state index contributed by atoms with van der Waals surface area (Å²) in [4.78, 5) is 6.99. The highest BCUT2D eigenvalue weighted by Gasteiger charge is 2.70. The Morgan fingerprint density at radius 1 is 1.00 bits per heavy atom. The maximum atomic E-state index is 14.0. The summed E-state index contributed by atoms with van der Waals surface area (Å²) in [5, 5.41) is 18.0. The zero-order chi connectivity index (χ0) is 26.2. The highest BCUT2D eigenvalue weighted by molar-refractivity contribution is 5.63. The van der Waals surface area contributed by atoms with Gasteiger partial charge in [-0.25, -0.2) is 14.4 Å². The van der Waals surface area contributed by atoms with E-state index in [0.717, 1.165) is 17.0 Å². The first-order chi connectivity index (χ1) is 16.0. The molecule has 35 heavy (non-hydrogen) atoms. The zero-order valence-corrected chi connectivity index (χ0v) is 16.8. The van der Waals surface area contributed by atoms with E-state index in [1.54, 1.807) is 0 Å². The van der Waals surface area contributed by atoms with Gasteiger partial charge >= 0.3 is 18.5 Å². The van der Waals surface area contributed by atoms with Crippen molar-refractivity contribution in [1.29, 1.82) is 0 Å². The van der Waals surface area contributed by atoms with E-state index in [2.05, 4.69) is 24.7 Å². The van der Waals surface area contributed by atoms with Gasteiger partial charge in [0.2, 0.25) is 0 Å². The molecule has 0 bridgehead atoms. The van der Waals surface area contributed by atoms with Crippen LogP contribution in [0.15, 0.2) is 29.1 Å². The Bertz CT molecular complexity index is 1140. The van der Waals surface area contributed by atoms with Crippen LogP contribution in [0.25, 0.3) is 22.9 Å². The summed E-state index contributed by atoms with van der Waals surface area (Å²) in [6.45, 7) is -2.96. The SMILES string of the molecule is OC(CNc1nc(-c2cc(-c3ccon3)n(CCC(F)(F)F)n2)ncc1F)(C(F)(F)F)C(F)(F)F. The van der Waals surface area contributed by atoms with Crippen molar-refractivity contribution in [2.45, 2.75) is 37.1 Å². The molecule has 0 amide bonds. The number of rotatable bonds is 7. The fourth-order valence-electron chi connectivity index (χ4n) is 2.67. The molecule has 2 N–H and O–H groups in total. The predicted octanol–water partition coefficient (Wildman–Crippen LogP) is 4.35. The molecule has 0 aliphatic rings. The lowest BCUT2D eigenvalue weighted by Crippen LogP contribution is -2.61. The number of nitrogens with one attached hydrogen (secondary N) is 1. The standard InChI is InChI=1S/C17H12F10N6O2/c18-8-6-28-13(30-12(8)29-7-14(34,16(22,23)24)17(25,26)27)10-5-11(9-1-4-35-32-9)33(31-10)3-2-15(19,20)21/h1,4-6,34H,2-3,7H2,(H,28,29,30). The van der Waals surface area contributed by atoms with Crippen LogP contribution < -0.4 is 5.32 Å². The summed E-state index contributed by atoms with van der Waals surface area (Å²) in [7, 11) is 0. The van der Waals surface area contributed by atoms with Gasteiger partial charge in [0.15, 0.2) is 17.5 Å². The highest BCUT2D eigenvalue weighted by Crippen LogP contribution is 2.43. The van der Waals surface area contributed by atoms with E-state index in [-0.39, 0.29) is 17.1 Å². The number of aliphatic hydroxyl groups is 1. The van der Waals surface area contributed by atoms with Crippen LogP contribution in [-0.2, 0) is 6.54 Å². The Morgan fingerprint density at radius 2 is 1.66 bits per heavy atom. The van der Waals surface area contributed by atoms with Gasteiger partial charge in [0.05, 0.1) is 31.4 Å². The van der Waals surface area contributed by atoms with Crippen molar-refractivity contribution < 1.29 is 53.5 Å². The normalized spacial score (nSPS) is 13.3. The van der Waals surface area contributed by atoms with Crippen LogP contribution in [0.2, 0.25) is 0 Å². The monoisotopic (exact) mass is 522 g/mol. The Labute approximate surface area is 187 Å². The van der Waals surface area contributed by atoms with Crippen LogP contribution in [0.5, 0.6) is 0 Å². The molecule has 3 aromatic rings. The van der Waals surface area contributed by atoms with Crippen molar-refractivity contribution in [3.63, 3.8) is 0 Å². The minimum Gasteiger partial charge on any atom is -0.372 e. The van der Waals surface area contributed by atoms with Gasteiger partial charge in [0, 0.05) is 6.07 Å². The van der Waals surface area contributed by atoms with Crippen molar-refractivity contribution in [2.24, 2.45) is 0 Å². The molecular weight excluding hydrogens is 510 g/mol. The lowest BCUT2D eigenvalue weighted by Gasteiger charge is -2.32. The van der Waals surface area contributed by atoms with E-state index >= 15 is 0 Å². The maximum absolute atomic E-state index is 14.0. The summed E-state index contributed by atoms with van der Waals surface area (Å²) >= 11 is 0. The van der Waals surface area contributed by atoms with Crippen LogP contribution in [0.1, 0.15) is 6.42 Å². The van der Waals surface area contributed by atoms with E-state index in [9.17, 15) is 49.0 Å².